The number of nitrogens with zero attached hydrogens (tertiary/aromatic N) is 1. The van der Waals surface area contributed by atoms with E-state index < -0.39 is 49.9 Å². The van der Waals surface area contributed by atoms with E-state index >= 15 is 0 Å². The largest absolute Gasteiger partial charge is 0.480 e. The molecule has 4 rings (SSSR count). The third-order valence-electron chi connectivity index (χ3n) is 5.40. The average molecular weight is 459 g/mol. The summed E-state index contributed by atoms with van der Waals surface area (Å²) in [6.07, 6.45) is 0.448. The van der Waals surface area contributed by atoms with E-state index in [0.29, 0.717) is 23.6 Å². The molecule has 0 aromatic heterocycles. The van der Waals surface area contributed by atoms with Crippen molar-refractivity contribution in [1.82, 2.24) is 9.62 Å². The van der Waals surface area contributed by atoms with E-state index in [-0.39, 0.29) is 25.3 Å². The lowest BCUT2D eigenvalue weighted by molar-refractivity contribution is -0.148. The van der Waals surface area contributed by atoms with Crippen molar-refractivity contribution in [2.45, 2.75) is 29.3 Å². The molecule has 2 aromatic rings. The van der Waals surface area contributed by atoms with E-state index in [4.69, 9.17) is 16.3 Å². The van der Waals surface area contributed by atoms with Gasteiger partial charge >= 0.3 is 5.97 Å². The molecule has 2 heterocycles. The summed E-state index contributed by atoms with van der Waals surface area (Å²) in [6, 6.07) is 6.41. The molecule has 2 saturated heterocycles. The molecule has 2 aliphatic heterocycles. The number of nitrogens with one attached hydrogen (secondary N) is 1. The Morgan fingerprint density at radius 2 is 1.87 bits per heavy atom. The number of halogens is 3. The van der Waals surface area contributed by atoms with Crippen LogP contribution in [0.1, 0.15) is 12.8 Å². The predicted molar refractivity (Wildman–Crippen MR) is 103 cm³/mol. The van der Waals surface area contributed by atoms with Crippen molar-refractivity contribution in [3.8, 4) is 11.5 Å². The predicted octanol–water partition coefficient (Wildman–Crippen LogP) is 2.99. The molecule has 11 heteroatoms. The van der Waals surface area contributed by atoms with Gasteiger partial charge in [0, 0.05) is 24.2 Å². The second-order valence-electron chi connectivity index (χ2n) is 7.23. The number of ether oxygens (including phenoxy) is 1. The lowest BCUT2D eigenvalue weighted by Gasteiger charge is -2.40. The highest BCUT2D eigenvalue weighted by Crippen LogP contribution is 2.42. The highest BCUT2D eigenvalue weighted by molar-refractivity contribution is 7.89. The van der Waals surface area contributed by atoms with Gasteiger partial charge in [-0.1, -0.05) is 11.6 Å². The SMILES string of the molecule is O=C(O)C12CCC(CNC1)N2S(=O)(=O)c1cc(F)c(Oc2ccc(Cl)cc2)c(F)c1. The first-order chi connectivity index (χ1) is 14.1. The Hall–Kier alpha value is -2.27. The Balaban J connectivity index is 1.72. The molecular weight excluding hydrogens is 442 g/mol. The van der Waals surface area contributed by atoms with Crippen LogP contribution in [0.4, 0.5) is 8.78 Å². The first-order valence-electron chi connectivity index (χ1n) is 9.06. The van der Waals surface area contributed by atoms with Crippen LogP contribution in [0.5, 0.6) is 11.5 Å². The third kappa shape index (κ3) is 3.33. The number of piperazine rings is 1. The van der Waals surface area contributed by atoms with Gasteiger partial charge in [0.1, 0.15) is 11.3 Å². The lowest BCUT2D eigenvalue weighted by Crippen LogP contribution is -2.65. The number of hydrogen-bond donors (Lipinski definition) is 2. The normalized spacial score (nSPS) is 24.0. The van der Waals surface area contributed by atoms with E-state index in [2.05, 4.69) is 5.32 Å². The maximum Gasteiger partial charge on any atom is 0.326 e. The fraction of sp³-hybridized carbons (Fsp3) is 0.316. The molecule has 0 saturated carbocycles. The van der Waals surface area contributed by atoms with Crippen LogP contribution in [0.3, 0.4) is 0 Å². The van der Waals surface area contributed by atoms with Crippen LogP contribution in [0.25, 0.3) is 0 Å². The lowest BCUT2D eigenvalue weighted by atomic mass is 9.98. The van der Waals surface area contributed by atoms with Crippen LogP contribution in [0.2, 0.25) is 5.02 Å². The zero-order valence-electron chi connectivity index (χ0n) is 15.4. The van der Waals surface area contributed by atoms with E-state index in [1.54, 1.807) is 0 Å². The van der Waals surface area contributed by atoms with Gasteiger partial charge in [-0.25, -0.2) is 17.2 Å². The molecular formula is C19H17ClF2N2O5S. The van der Waals surface area contributed by atoms with Gasteiger partial charge in [-0.3, -0.25) is 4.79 Å². The number of aliphatic carboxylic acids is 1. The Morgan fingerprint density at radius 1 is 1.23 bits per heavy atom. The quantitative estimate of drug-likeness (QED) is 0.715. The monoisotopic (exact) mass is 458 g/mol. The minimum atomic E-state index is -4.48. The number of hydrogen-bond acceptors (Lipinski definition) is 5. The van der Waals surface area contributed by atoms with Gasteiger partial charge in [-0.2, -0.15) is 4.31 Å². The van der Waals surface area contributed by atoms with Crippen molar-refractivity contribution >= 4 is 27.6 Å². The van der Waals surface area contributed by atoms with Gasteiger partial charge in [0.25, 0.3) is 0 Å². The molecule has 0 amide bonds. The van der Waals surface area contributed by atoms with Gasteiger partial charge < -0.3 is 15.2 Å². The highest BCUT2D eigenvalue weighted by Gasteiger charge is 2.59. The summed E-state index contributed by atoms with van der Waals surface area (Å²) in [5, 5.41) is 13.0. The summed E-state index contributed by atoms with van der Waals surface area (Å²) in [5.74, 6) is -4.42. The molecule has 2 fully saturated rings. The van der Waals surface area contributed by atoms with Crippen LogP contribution in [-0.2, 0) is 14.8 Å². The van der Waals surface area contributed by atoms with Crippen LogP contribution in [0, 0.1) is 11.6 Å². The fourth-order valence-corrected chi connectivity index (χ4v) is 6.12. The molecule has 0 radical (unpaired) electrons. The van der Waals surface area contributed by atoms with Crippen molar-refractivity contribution in [3.63, 3.8) is 0 Å². The zero-order chi connectivity index (χ0) is 21.7. The highest BCUT2D eigenvalue weighted by atomic mass is 35.5. The first-order valence-corrected chi connectivity index (χ1v) is 10.9. The Kier molecular flexibility index (Phi) is 5.21. The van der Waals surface area contributed by atoms with Gasteiger partial charge in [0.2, 0.25) is 10.0 Å². The second-order valence-corrected chi connectivity index (χ2v) is 9.48. The van der Waals surface area contributed by atoms with Gasteiger partial charge in [-0.05, 0) is 49.2 Å². The van der Waals surface area contributed by atoms with Crippen LogP contribution >= 0.6 is 11.6 Å². The van der Waals surface area contributed by atoms with Crippen molar-refractivity contribution in [2.75, 3.05) is 13.1 Å². The molecule has 30 heavy (non-hydrogen) atoms. The van der Waals surface area contributed by atoms with Crippen molar-refractivity contribution < 1.29 is 31.8 Å². The summed E-state index contributed by atoms with van der Waals surface area (Å²) in [7, 11) is -4.48. The second kappa shape index (κ2) is 7.45. The summed E-state index contributed by atoms with van der Waals surface area (Å²) >= 11 is 5.76. The molecule has 0 spiro atoms. The maximum absolute atomic E-state index is 14.6. The standard InChI is InChI=1S/C19H17ClF2N2O5S/c20-11-1-3-13(4-2-11)29-17-15(21)7-14(8-16(17)22)30(27,28)24-12-5-6-19(24,18(25)26)10-23-9-12/h1-4,7-8,12,23H,5-6,9-10H2,(H,25,26). The topological polar surface area (TPSA) is 95.9 Å². The van der Waals surface area contributed by atoms with E-state index in [1.165, 1.54) is 24.3 Å². The molecule has 2 N–H and O–H groups in total. The van der Waals surface area contributed by atoms with Gasteiger partial charge in [-0.15, -0.1) is 0 Å². The minimum Gasteiger partial charge on any atom is -0.480 e. The third-order valence-corrected chi connectivity index (χ3v) is 7.65. The molecule has 2 unspecified atom stereocenters. The molecule has 0 aliphatic carbocycles. The number of carboxylic acids is 1. The van der Waals surface area contributed by atoms with Crippen molar-refractivity contribution in [2.24, 2.45) is 0 Å². The summed E-state index contributed by atoms with van der Waals surface area (Å²) in [4.78, 5) is 11.2. The number of carboxylic acid groups (broad SMARTS) is 1. The smallest absolute Gasteiger partial charge is 0.326 e. The van der Waals surface area contributed by atoms with E-state index in [1.807, 2.05) is 0 Å². The van der Waals surface area contributed by atoms with Crippen molar-refractivity contribution in [3.05, 3.63) is 53.1 Å². The van der Waals surface area contributed by atoms with E-state index in [0.717, 1.165) is 4.31 Å². The van der Waals surface area contributed by atoms with Gasteiger partial charge in [0.15, 0.2) is 17.4 Å². The number of carbonyl (C=O) groups is 1. The first kappa shape index (κ1) is 21.0. The number of sulfonamides is 1. The molecule has 2 bridgehead atoms. The Labute approximate surface area is 176 Å². The van der Waals surface area contributed by atoms with Crippen molar-refractivity contribution in [1.29, 1.82) is 0 Å². The molecule has 2 atom stereocenters. The minimum absolute atomic E-state index is 0.0826. The molecule has 160 valence electrons. The van der Waals surface area contributed by atoms with Crippen LogP contribution < -0.4 is 10.1 Å². The van der Waals surface area contributed by atoms with E-state index in [9.17, 15) is 27.1 Å². The molecule has 2 aromatic carbocycles. The summed E-state index contributed by atoms with van der Waals surface area (Å²) in [5.41, 5.74) is -1.69. The number of fused-ring (bicyclic) bond motifs is 2. The summed E-state index contributed by atoms with van der Waals surface area (Å²) in [6.45, 7) is 0.178. The van der Waals surface area contributed by atoms with Crippen LogP contribution in [0.15, 0.2) is 41.3 Å². The Morgan fingerprint density at radius 3 is 2.47 bits per heavy atom. The molecule has 7 nitrogen and oxygen atoms in total. The number of rotatable bonds is 5. The fourth-order valence-electron chi connectivity index (χ4n) is 4.00. The van der Waals surface area contributed by atoms with Crippen LogP contribution in [-0.4, -0.2) is 48.5 Å². The summed E-state index contributed by atoms with van der Waals surface area (Å²) < 4.78 is 61.8. The van der Waals surface area contributed by atoms with Gasteiger partial charge in [0.05, 0.1) is 4.90 Å². The maximum atomic E-state index is 14.6. The molecule has 2 aliphatic rings. The number of benzene rings is 2. The zero-order valence-corrected chi connectivity index (χ0v) is 17.0. The Bertz CT molecular complexity index is 1090. The average Bonchev–Trinajstić information content (AvgIpc) is 2.94.